The van der Waals surface area contributed by atoms with Crippen molar-refractivity contribution in [2.75, 3.05) is 13.1 Å². The smallest absolute Gasteiger partial charge is 0.317 e. The minimum absolute atomic E-state index is 0.0295. The van der Waals surface area contributed by atoms with E-state index in [9.17, 15) is 4.79 Å². The Balaban J connectivity index is 1.90. The molecule has 0 aromatic carbocycles. The van der Waals surface area contributed by atoms with Gasteiger partial charge in [-0.05, 0) is 12.8 Å². The lowest BCUT2D eigenvalue weighted by Gasteiger charge is -2.37. The van der Waals surface area contributed by atoms with Crippen molar-refractivity contribution in [3.05, 3.63) is 0 Å². The fourth-order valence-electron chi connectivity index (χ4n) is 1.65. The number of aliphatic hydroxyl groups excluding tert-OH is 1. The Morgan fingerprint density at radius 1 is 1.55 bits per heavy atom. The highest BCUT2D eigenvalue weighted by Gasteiger charge is 2.36. The van der Waals surface area contributed by atoms with E-state index in [2.05, 4.69) is 5.32 Å². The van der Waals surface area contributed by atoms with Gasteiger partial charge in [-0.2, -0.15) is 0 Å². The molecule has 2 rings (SSSR count). The molecule has 1 aliphatic heterocycles. The van der Waals surface area contributed by atoms with Crippen molar-refractivity contribution in [2.24, 2.45) is 0 Å². The molecule has 0 atom stereocenters. The molecule has 0 bridgehead atoms. The highest BCUT2D eigenvalue weighted by molar-refractivity contribution is 5.76. The van der Waals surface area contributed by atoms with Crippen LogP contribution in [0.25, 0.3) is 0 Å². The number of urea groups is 1. The molecule has 0 aromatic rings. The summed E-state index contributed by atoms with van der Waals surface area (Å²) >= 11 is 0. The predicted octanol–water partition coefficient (Wildman–Crippen LogP) is -0.465. The normalized spacial score (nSPS) is 36.8. The van der Waals surface area contributed by atoms with Crippen LogP contribution in [0.4, 0.5) is 4.79 Å². The van der Waals surface area contributed by atoms with E-state index >= 15 is 0 Å². The second-order valence-corrected chi connectivity index (χ2v) is 3.20. The lowest BCUT2D eigenvalue weighted by atomic mass is 9.88. The maximum absolute atomic E-state index is 11.0. The van der Waals surface area contributed by atoms with Gasteiger partial charge in [-0.1, -0.05) is 0 Å². The van der Waals surface area contributed by atoms with E-state index < -0.39 is 0 Å². The van der Waals surface area contributed by atoms with Gasteiger partial charge < -0.3 is 15.3 Å². The van der Waals surface area contributed by atoms with Crippen molar-refractivity contribution < 1.29 is 9.90 Å². The average Bonchev–Trinajstić information content (AvgIpc) is 2.29. The quantitative estimate of drug-likeness (QED) is 0.539. The molecule has 11 heavy (non-hydrogen) atoms. The molecule has 4 nitrogen and oxygen atoms in total. The third kappa shape index (κ3) is 1.07. The summed E-state index contributed by atoms with van der Waals surface area (Å²) in [6.07, 6.45) is 1.34. The number of nitrogens with one attached hydrogen (secondary N) is 1. The number of carbonyl (C=O) groups is 1. The lowest BCUT2D eigenvalue weighted by Crippen LogP contribution is -2.48. The summed E-state index contributed by atoms with van der Waals surface area (Å²) < 4.78 is 0. The summed E-state index contributed by atoms with van der Waals surface area (Å²) in [7, 11) is 0. The van der Waals surface area contributed by atoms with E-state index in [1.807, 2.05) is 4.90 Å². The van der Waals surface area contributed by atoms with Gasteiger partial charge in [0.25, 0.3) is 0 Å². The summed E-state index contributed by atoms with van der Waals surface area (Å²) in [6, 6.07) is 0.328. The standard InChI is InChI=1S/C7H12N2O2/c10-6-3-5(4-6)9-2-1-8-7(9)11/h5-6,10H,1-4H2,(H,8,11). The summed E-state index contributed by atoms with van der Waals surface area (Å²) in [4.78, 5) is 12.9. The third-order valence-corrected chi connectivity index (χ3v) is 2.42. The number of aliphatic hydroxyl groups is 1. The fourth-order valence-corrected chi connectivity index (χ4v) is 1.65. The number of nitrogens with zero attached hydrogens (tertiary/aromatic N) is 1. The first-order chi connectivity index (χ1) is 5.27. The highest BCUT2D eigenvalue weighted by atomic mass is 16.3. The van der Waals surface area contributed by atoms with Gasteiger partial charge in [0, 0.05) is 19.1 Å². The van der Waals surface area contributed by atoms with E-state index in [1.165, 1.54) is 0 Å². The van der Waals surface area contributed by atoms with E-state index in [1.54, 1.807) is 0 Å². The Bertz CT molecular complexity index is 177. The van der Waals surface area contributed by atoms with Gasteiger partial charge in [0.2, 0.25) is 0 Å². The van der Waals surface area contributed by atoms with Crippen molar-refractivity contribution in [1.29, 1.82) is 0 Å². The molecule has 1 saturated heterocycles. The molecule has 0 radical (unpaired) electrons. The van der Waals surface area contributed by atoms with Crippen molar-refractivity contribution in [2.45, 2.75) is 25.0 Å². The monoisotopic (exact) mass is 156 g/mol. The number of carbonyl (C=O) groups excluding carboxylic acids is 1. The zero-order chi connectivity index (χ0) is 7.84. The zero-order valence-corrected chi connectivity index (χ0v) is 6.29. The minimum atomic E-state index is -0.173. The van der Waals surface area contributed by atoms with Gasteiger partial charge in [-0.3, -0.25) is 0 Å². The van der Waals surface area contributed by atoms with E-state index in [0.29, 0.717) is 6.04 Å². The summed E-state index contributed by atoms with van der Waals surface area (Å²) in [5.41, 5.74) is 0. The maximum Gasteiger partial charge on any atom is 0.317 e. The predicted molar refractivity (Wildman–Crippen MR) is 39.1 cm³/mol. The first-order valence-electron chi connectivity index (χ1n) is 4.00. The van der Waals surface area contributed by atoms with Gasteiger partial charge >= 0.3 is 6.03 Å². The van der Waals surface area contributed by atoms with Gasteiger partial charge in [0.1, 0.15) is 0 Å². The van der Waals surface area contributed by atoms with Gasteiger partial charge in [-0.25, -0.2) is 4.79 Å². The Morgan fingerprint density at radius 2 is 2.27 bits per heavy atom. The van der Waals surface area contributed by atoms with Crippen LogP contribution in [0.15, 0.2) is 0 Å². The molecule has 2 N–H and O–H groups in total. The topological polar surface area (TPSA) is 52.6 Å². The second kappa shape index (κ2) is 2.37. The number of hydrogen-bond acceptors (Lipinski definition) is 2. The highest BCUT2D eigenvalue weighted by Crippen LogP contribution is 2.26. The van der Waals surface area contributed by atoms with Crippen LogP contribution in [-0.2, 0) is 0 Å². The van der Waals surface area contributed by atoms with Crippen molar-refractivity contribution >= 4 is 6.03 Å². The van der Waals surface area contributed by atoms with Crippen LogP contribution < -0.4 is 5.32 Å². The minimum Gasteiger partial charge on any atom is -0.393 e. The second-order valence-electron chi connectivity index (χ2n) is 3.20. The molecule has 2 fully saturated rings. The Kier molecular flexibility index (Phi) is 1.49. The molecule has 0 unspecified atom stereocenters. The zero-order valence-electron chi connectivity index (χ0n) is 6.29. The summed E-state index contributed by atoms with van der Waals surface area (Å²) in [5, 5.41) is 11.7. The molecule has 1 saturated carbocycles. The average molecular weight is 156 g/mol. The fraction of sp³-hybridized carbons (Fsp3) is 0.857. The molecule has 0 aromatic heterocycles. The van der Waals surface area contributed by atoms with Crippen LogP contribution in [0, 0.1) is 0 Å². The molecule has 2 aliphatic rings. The molecular weight excluding hydrogens is 144 g/mol. The van der Waals surface area contributed by atoms with Crippen molar-refractivity contribution in [1.82, 2.24) is 10.2 Å². The van der Waals surface area contributed by atoms with Crippen molar-refractivity contribution in [3.63, 3.8) is 0 Å². The molecule has 1 aliphatic carbocycles. The maximum atomic E-state index is 11.0. The first kappa shape index (κ1) is 6.91. The van der Waals surface area contributed by atoms with E-state index in [4.69, 9.17) is 5.11 Å². The van der Waals surface area contributed by atoms with Crippen LogP contribution in [0.1, 0.15) is 12.8 Å². The van der Waals surface area contributed by atoms with Gasteiger partial charge in [0.05, 0.1) is 6.10 Å². The Morgan fingerprint density at radius 3 is 2.73 bits per heavy atom. The molecule has 2 amide bonds. The van der Waals surface area contributed by atoms with Gasteiger partial charge in [0.15, 0.2) is 0 Å². The van der Waals surface area contributed by atoms with Crippen molar-refractivity contribution in [3.8, 4) is 0 Å². The van der Waals surface area contributed by atoms with Crippen LogP contribution in [0.3, 0.4) is 0 Å². The number of rotatable bonds is 1. The molecule has 1 heterocycles. The Hall–Kier alpha value is -0.770. The van der Waals surface area contributed by atoms with Crippen LogP contribution in [0.5, 0.6) is 0 Å². The van der Waals surface area contributed by atoms with Crippen LogP contribution in [-0.4, -0.2) is 41.3 Å². The van der Waals surface area contributed by atoms with E-state index in [0.717, 1.165) is 25.9 Å². The molecular formula is C7H12N2O2. The first-order valence-corrected chi connectivity index (χ1v) is 4.00. The number of hydrogen-bond donors (Lipinski definition) is 2. The molecule has 62 valence electrons. The Labute approximate surface area is 65.2 Å². The SMILES string of the molecule is O=C1NCCN1C1CC(O)C1. The summed E-state index contributed by atoms with van der Waals surface area (Å²) in [5.74, 6) is 0. The lowest BCUT2D eigenvalue weighted by molar-refractivity contribution is 0.0247. The van der Waals surface area contributed by atoms with Crippen LogP contribution >= 0.6 is 0 Å². The molecule has 0 spiro atoms. The van der Waals surface area contributed by atoms with Crippen LogP contribution in [0.2, 0.25) is 0 Å². The molecule has 4 heteroatoms. The summed E-state index contributed by atoms with van der Waals surface area (Å²) in [6.45, 7) is 1.56. The van der Waals surface area contributed by atoms with E-state index in [-0.39, 0.29) is 12.1 Å². The van der Waals surface area contributed by atoms with Gasteiger partial charge in [-0.15, -0.1) is 0 Å². The largest absolute Gasteiger partial charge is 0.393 e. The third-order valence-electron chi connectivity index (χ3n) is 2.42. The number of amides is 2.